The number of hydrogen-bond acceptors (Lipinski definition) is 3. The van der Waals surface area contributed by atoms with Crippen molar-refractivity contribution in [1.29, 1.82) is 0 Å². The van der Waals surface area contributed by atoms with Crippen molar-refractivity contribution in [3.63, 3.8) is 0 Å². The van der Waals surface area contributed by atoms with Gasteiger partial charge in [-0.05, 0) is 48.7 Å². The van der Waals surface area contributed by atoms with Gasteiger partial charge in [0, 0.05) is 28.8 Å². The molecular formula is C27H45N3. The first-order valence-corrected chi connectivity index (χ1v) is 11.8. The minimum Gasteiger partial charge on any atom is -0.400 e. The van der Waals surface area contributed by atoms with E-state index in [-0.39, 0.29) is 28.7 Å². The zero-order chi connectivity index (χ0) is 22.7. The molecule has 0 saturated heterocycles. The van der Waals surface area contributed by atoms with Crippen LogP contribution in [-0.2, 0) is 0 Å². The highest BCUT2D eigenvalue weighted by atomic mass is 14.8. The average molecular weight is 412 g/mol. The van der Waals surface area contributed by atoms with Crippen LogP contribution in [0.15, 0.2) is 58.5 Å². The molecule has 6 N–H and O–H groups in total. The first-order valence-electron chi connectivity index (χ1n) is 11.8. The third kappa shape index (κ3) is 4.46. The zero-order valence-corrected chi connectivity index (χ0v) is 20.4. The first kappa shape index (κ1) is 24.5. The normalized spacial score (nSPS) is 37.2. The molecule has 0 fully saturated rings. The maximum Gasteiger partial charge on any atom is 0.0491 e. The van der Waals surface area contributed by atoms with Gasteiger partial charge >= 0.3 is 0 Å². The number of rotatable bonds is 6. The summed E-state index contributed by atoms with van der Waals surface area (Å²) >= 11 is 0. The smallest absolute Gasteiger partial charge is 0.0491 e. The summed E-state index contributed by atoms with van der Waals surface area (Å²) in [6.07, 6.45) is 17.1. The lowest BCUT2D eigenvalue weighted by Crippen LogP contribution is -2.40. The van der Waals surface area contributed by atoms with Gasteiger partial charge in [0.05, 0.1) is 0 Å². The number of nitrogens with two attached hydrogens (primary N) is 3. The van der Waals surface area contributed by atoms with Gasteiger partial charge in [-0.25, -0.2) is 0 Å². The molecule has 30 heavy (non-hydrogen) atoms. The first-order chi connectivity index (χ1) is 14.0. The summed E-state index contributed by atoms with van der Waals surface area (Å²) in [5, 5.41) is 0. The molecule has 0 aliphatic heterocycles. The Labute approximate surface area is 185 Å². The summed E-state index contributed by atoms with van der Waals surface area (Å²) < 4.78 is 0. The molecule has 0 spiro atoms. The van der Waals surface area contributed by atoms with E-state index in [4.69, 9.17) is 17.2 Å². The van der Waals surface area contributed by atoms with E-state index in [0.29, 0.717) is 5.70 Å². The molecule has 3 nitrogen and oxygen atoms in total. The van der Waals surface area contributed by atoms with Crippen molar-refractivity contribution in [2.45, 2.75) is 86.6 Å². The van der Waals surface area contributed by atoms with Gasteiger partial charge in [0.1, 0.15) is 0 Å². The molecule has 0 amide bonds. The van der Waals surface area contributed by atoms with Gasteiger partial charge < -0.3 is 17.2 Å². The molecule has 0 aromatic rings. The second-order valence-electron chi connectivity index (χ2n) is 9.96. The molecule has 2 aliphatic rings. The highest BCUT2D eigenvalue weighted by molar-refractivity contribution is 5.49. The van der Waals surface area contributed by atoms with Crippen LogP contribution in [0.3, 0.4) is 0 Å². The Balaban J connectivity index is 2.67. The van der Waals surface area contributed by atoms with Gasteiger partial charge in [0.15, 0.2) is 0 Å². The summed E-state index contributed by atoms with van der Waals surface area (Å²) in [5.41, 5.74) is 25.1. The Morgan fingerprint density at radius 2 is 1.80 bits per heavy atom. The molecule has 2 aliphatic carbocycles. The number of hydrogen-bond donors (Lipinski definition) is 3. The Hall–Kier alpha value is -1.74. The maximum absolute atomic E-state index is 6.57. The van der Waals surface area contributed by atoms with Crippen LogP contribution in [0, 0.1) is 22.7 Å². The summed E-state index contributed by atoms with van der Waals surface area (Å²) in [7, 11) is 0. The Morgan fingerprint density at radius 1 is 1.13 bits per heavy atom. The lowest BCUT2D eigenvalue weighted by molar-refractivity contribution is 0.145. The summed E-state index contributed by atoms with van der Waals surface area (Å²) in [5.74, 6) is 0.375. The van der Waals surface area contributed by atoms with Crippen molar-refractivity contribution < 1.29 is 0 Å². The fourth-order valence-electron chi connectivity index (χ4n) is 5.26. The third-order valence-corrected chi connectivity index (χ3v) is 8.30. The molecule has 5 unspecified atom stereocenters. The summed E-state index contributed by atoms with van der Waals surface area (Å²) in [4.78, 5) is 0. The lowest BCUT2D eigenvalue weighted by Gasteiger charge is -2.43. The van der Waals surface area contributed by atoms with Gasteiger partial charge in [-0.15, -0.1) is 0 Å². The van der Waals surface area contributed by atoms with Crippen LogP contribution in [0.2, 0.25) is 0 Å². The molecule has 5 atom stereocenters. The van der Waals surface area contributed by atoms with Gasteiger partial charge in [0.25, 0.3) is 0 Å². The average Bonchev–Trinajstić information content (AvgIpc) is 2.94. The molecule has 168 valence electrons. The molecule has 0 saturated carbocycles. The van der Waals surface area contributed by atoms with Crippen LogP contribution in [0.4, 0.5) is 0 Å². The predicted molar refractivity (Wildman–Crippen MR) is 131 cm³/mol. The molecule has 0 aromatic carbocycles. The van der Waals surface area contributed by atoms with Crippen molar-refractivity contribution >= 4 is 0 Å². The van der Waals surface area contributed by atoms with Crippen LogP contribution in [0.25, 0.3) is 0 Å². The molecule has 2 rings (SSSR count). The highest BCUT2D eigenvalue weighted by Crippen LogP contribution is 2.50. The Kier molecular flexibility index (Phi) is 7.85. The van der Waals surface area contributed by atoms with E-state index in [0.717, 1.165) is 25.0 Å². The van der Waals surface area contributed by atoms with Crippen molar-refractivity contribution in [2.75, 3.05) is 0 Å². The SMILES string of the molecule is CCCC(C)(CC)C1(C)C=CC=CC(/C2=C(/C)C(C)/C(N)=C(/N)C(N)C(CC)C2)=C1. The monoisotopic (exact) mass is 411 g/mol. The van der Waals surface area contributed by atoms with E-state index in [1.54, 1.807) is 0 Å². The van der Waals surface area contributed by atoms with Crippen molar-refractivity contribution in [1.82, 2.24) is 0 Å². The lowest BCUT2D eigenvalue weighted by atomic mass is 9.61. The van der Waals surface area contributed by atoms with E-state index < -0.39 is 0 Å². The highest BCUT2D eigenvalue weighted by Gasteiger charge is 2.40. The van der Waals surface area contributed by atoms with Crippen molar-refractivity contribution in [3.8, 4) is 0 Å². The van der Waals surface area contributed by atoms with Crippen LogP contribution in [0.1, 0.15) is 80.6 Å². The molecule has 0 heterocycles. The topological polar surface area (TPSA) is 78.1 Å². The predicted octanol–water partition coefficient (Wildman–Crippen LogP) is 6.10. The van der Waals surface area contributed by atoms with Crippen LogP contribution in [-0.4, -0.2) is 6.04 Å². The minimum atomic E-state index is -0.193. The number of allylic oxidation sites excluding steroid dienone is 8. The Bertz CT molecular complexity index is 782. The molecule has 0 aromatic heterocycles. The van der Waals surface area contributed by atoms with Crippen molar-refractivity contribution in [2.24, 2.45) is 39.9 Å². The second-order valence-corrected chi connectivity index (χ2v) is 9.96. The van der Waals surface area contributed by atoms with E-state index in [1.165, 1.54) is 29.6 Å². The molecule has 0 bridgehead atoms. The quantitative estimate of drug-likeness (QED) is 0.494. The van der Waals surface area contributed by atoms with E-state index in [1.807, 2.05) is 0 Å². The molecule has 0 radical (unpaired) electrons. The zero-order valence-electron chi connectivity index (χ0n) is 20.4. The fourth-order valence-corrected chi connectivity index (χ4v) is 5.26. The van der Waals surface area contributed by atoms with Gasteiger partial charge in [0.2, 0.25) is 0 Å². The molecular weight excluding hydrogens is 366 g/mol. The van der Waals surface area contributed by atoms with Crippen LogP contribution < -0.4 is 17.2 Å². The fraction of sp³-hybridized carbons (Fsp3) is 0.630. The van der Waals surface area contributed by atoms with Crippen LogP contribution >= 0.6 is 0 Å². The van der Waals surface area contributed by atoms with Gasteiger partial charge in [-0.3, -0.25) is 0 Å². The van der Waals surface area contributed by atoms with Gasteiger partial charge in [-0.1, -0.05) is 90.3 Å². The van der Waals surface area contributed by atoms with E-state index >= 15 is 0 Å². The standard InChI is InChI=1S/C27H45N3/c1-8-14-26(6,10-3)27(7)15-12-11-13-21(17-27)22-16-20(9-2)24(29)25(30)23(28)19(5)18(22)4/h11-13,15,17,19-20,24H,8-10,14,16,28-30H2,1-7H3/b22-18-,25-23-. The summed E-state index contributed by atoms with van der Waals surface area (Å²) in [6, 6.07) is -0.193. The Morgan fingerprint density at radius 3 is 2.37 bits per heavy atom. The summed E-state index contributed by atoms with van der Waals surface area (Å²) in [6.45, 7) is 16.0. The second kappa shape index (κ2) is 9.60. The maximum atomic E-state index is 6.57. The van der Waals surface area contributed by atoms with Crippen LogP contribution in [0.5, 0.6) is 0 Å². The van der Waals surface area contributed by atoms with Crippen molar-refractivity contribution in [3.05, 3.63) is 58.5 Å². The minimum absolute atomic E-state index is 0.0142. The largest absolute Gasteiger partial charge is 0.400 e. The molecule has 3 heteroatoms. The third-order valence-electron chi connectivity index (χ3n) is 8.30. The van der Waals surface area contributed by atoms with E-state index in [9.17, 15) is 0 Å². The van der Waals surface area contributed by atoms with Gasteiger partial charge in [-0.2, -0.15) is 0 Å². The van der Waals surface area contributed by atoms with E-state index in [2.05, 4.69) is 78.8 Å².